The Labute approximate surface area is 122 Å². The highest BCUT2D eigenvalue weighted by Crippen LogP contribution is 2.28. The number of anilines is 3. The minimum absolute atomic E-state index is 0.533. The molecule has 20 heavy (non-hydrogen) atoms. The molecule has 2 aromatic rings. The first-order chi connectivity index (χ1) is 9.55. The molecule has 0 bridgehead atoms. The molecular formula is C14H14ClN5. The number of hydrogen-bond donors (Lipinski definition) is 2. The van der Waals surface area contributed by atoms with E-state index in [9.17, 15) is 0 Å². The van der Waals surface area contributed by atoms with Crippen LogP contribution < -0.4 is 10.6 Å². The topological polar surface area (TPSA) is 73.6 Å². The standard InChI is InChI=1S/C14H14ClN5/c1-8-13(17-3)18-9(2)19-14(8)20-12-6-10(7-16)4-5-11(12)15/h4-6H,1-3H3,(H2,17,18,19,20). The first-order valence-corrected chi connectivity index (χ1v) is 6.42. The SMILES string of the molecule is CNc1nc(C)nc(Nc2cc(C#N)ccc2Cl)c1C. The second-order valence-electron chi connectivity index (χ2n) is 4.27. The summed E-state index contributed by atoms with van der Waals surface area (Å²) < 4.78 is 0. The van der Waals surface area contributed by atoms with Gasteiger partial charge in [-0.2, -0.15) is 5.26 Å². The van der Waals surface area contributed by atoms with E-state index in [0.717, 1.165) is 11.4 Å². The van der Waals surface area contributed by atoms with Gasteiger partial charge in [-0.15, -0.1) is 0 Å². The molecule has 0 fully saturated rings. The number of aryl methyl sites for hydroxylation is 1. The summed E-state index contributed by atoms with van der Waals surface area (Å²) in [6.07, 6.45) is 0. The molecule has 102 valence electrons. The Morgan fingerprint density at radius 2 is 1.90 bits per heavy atom. The molecule has 0 spiro atoms. The molecular weight excluding hydrogens is 274 g/mol. The van der Waals surface area contributed by atoms with E-state index >= 15 is 0 Å². The summed E-state index contributed by atoms with van der Waals surface area (Å²) in [7, 11) is 1.81. The lowest BCUT2D eigenvalue weighted by Crippen LogP contribution is -2.05. The quantitative estimate of drug-likeness (QED) is 0.905. The van der Waals surface area contributed by atoms with Gasteiger partial charge >= 0.3 is 0 Å². The van der Waals surface area contributed by atoms with Gasteiger partial charge in [0, 0.05) is 12.6 Å². The first kappa shape index (κ1) is 14.1. The molecule has 0 radical (unpaired) electrons. The highest BCUT2D eigenvalue weighted by atomic mass is 35.5. The monoisotopic (exact) mass is 287 g/mol. The average Bonchev–Trinajstić information content (AvgIpc) is 2.44. The van der Waals surface area contributed by atoms with Crippen molar-refractivity contribution in [2.24, 2.45) is 0 Å². The van der Waals surface area contributed by atoms with Gasteiger partial charge in [0.2, 0.25) is 0 Å². The van der Waals surface area contributed by atoms with Gasteiger partial charge in [-0.1, -0.05) is 11.6 Å². The summed E-state index contributed by atoms with van der Waals surface area (Å²) in [5.74, 6) is 2.07. The van der Waals surface area contributed by atoms with Crippen LogP contribution in [0.5, 0.6) is 0 Å². The van der Waals surface area contributed by atoms with Gasteiger partial charge in [0.1, 0.15) is 17.5 Å². The van der Waals surface area contributed by atoms with Crippen molar-refractivity contribution in [3.8, 4) is 6.07 Å². The van der Waals surface area contributed by atoms with E-state index in [4.69, 9.17) is 16.9 Å². The van der Waals surface area contributed by atoms with Gasteiger partial charge in [-0.05, 0) is 32.0 Å². The lowest BCUT2D eigenvalue weighted by Gasteiger charge is -2.13. The molecule has 1 aromatic carbocycles. The number of hydrogen-bond acceptors (Lipinski definition) is 5. The van der Waals surface area contributed by atoms with E-state index in [1.54, 1.807) is 18.2 Å². The number of nitrogens with zero attached hydrogens (tertiary/aromatic N) is 3. The molecule has 0 unspecified atom stereocenters. The number of rotatable bonds is 3. The minimum atomic E-state index is 0.533. The number of halogens is 1. The van der Waals surface area contributed by atoms with Gasteiger partial charge in [0.15, 0.2) is 0 Å². The molecule has 0 aliphatic carbocycles. The fourth-order valence-corrected chi connectivity index (χ4v) is 1.98. The van der Waals surface area contributed by atoms with Crippen LogP contribution in [0.1, 0.15) is 17.0 Å². The number of nitrogens with one attached hydrogen (secondary N) is 2. The molecule has 0 aliphatic heterocycles. The smallest absolute Gasteiger partial charge is 0.139 e. The Bertz CT molecular complexity index is 691. The molecule has 1 aromatic heterocycles. The third-order valence-corrected chi connectivity index (χ3v) is 3.17. The van der Waals surface area contributed by atoms with Gasteiger partial charge in [-0.25, -0.2) is 9.97 Å². The van der Waals surface area contributed by atoms with E-state index in [-0.39, 0.29) is 0 Å². The summed E-state index contributed by atoms with van der Waals surface area (Å²) in [6, 6.07) is 7.13. The van der Waals surface area contributed by atoms with Crippen molar-refractivity contribution in [2.75, 3.05) is 17.7 Å². The van der Waals surface area contributed by atoms with Gasteiger partial charge < -0.3 is 10.6 Å². The van der Waals surface area contributed by atoms with Gasteiger partial charge in [0.05, 0.1) is 22.3 Å². The summed E-state index contributed by atoms with van der Waals surface area (Å²) >= 11 is 6.14. The molecule has 1 heterocycles. The fraction of sp³-hybridized carbons (Fsp3) is 0.214. The fourth-order valence-electron chi connectivity index (χ4n) is 1.81. The van der Waals surface area contributed by atoms with Crippen LogP contribution in [0.2, 0.25) is 5.02 Å². The number of nitriles is 1. The minimum Gasteiger partial charge on any atom is -0.373 e. The van der Waals surface area contributed by atoms with Gasteiger partial charge in [-0.3, -0.25) is 0 Å². The van der Waals surface area contributed by atoms with E-state index < -0.39 is 0 Å². The lowest BCUT2D eigenvalue weighted by atomic mass is 10.2. The maximum Gasteiger partial charge on any atom is 0.139 e. The van der Waals surface area contributed by atoms with Crippen molar-refractivity contribution in [3.05, 3.63) is 40.2 Å². The molecule has 0 amide bonds. The van der Waals surface area contributed by atoms with Crippen LogP contribution in [0.3, 0.4) is 0 Å². The zero-order valence-corrected chi connectivity index (χ0v) is 12.2. The molecule has 0 saturated heterocycles. The Morgan fingerprint density at radius 3 is 2.55 bits per heavy atom. The first-order valence-electron chi connectivity index (χ1n) is 6.05. The number of aromatic nitrogens is 2. The largest absolute Gasteiger partial charge is 0.373 e. The second kappa shape index (κ2) is 5.76. The maximum absolute atomic E-state index is 8.94. The van der Waals surface area contributed by atoms with Crippen molar-refractivity contribution in [1.29, 1.82) is 5.26 Å². The molecule has 0 atom stereocenters. The summed E-state index contributed by atoms with van der Waals surface area (Å²) in [5.41, 5.74) is 2.07. The lowest BCUT2D eigenvalue weighted by molar-refractivity contribution is 1.04. The predicted octanol–water partition coefficient (Wildman–Crippen LogP) is 3.40. The molecule has 0 saturated carbocycles. The van der Waals surface area contributed by atoms with Crippen molar-refractivity contribution in [2.45, 2.75) is 13.8 Å². The Balaban J connectivity index is 2.45. The van der Waals surface area contributed by atoms with Crippen LogP contribution in [0.4, 0.5) is 17.3 Å². The molecule has 5 nitrogen and oxygen atoms in total. The molecule has 0 aliphatic rings. The Morgan fingerprint density at radius 1 is 1.20 bits per heavy atom. The highest BCUT2D eigenvalue weighted by Gasteiger charge is 2.10. The Hall–Kier alpha value is -2.32. The third kappa shape index (κ3) is 2.81. The van der Waals surface area contributed by atoms with Crippen molar-refractivity contribution < 1.29 is 0 Å². The summed E-state index contributed by atoms with van der Waals surface area (Å²) in [5, 5.41) is 15.7. The summed E-state index contributed by atoms with van der Waals surface area (Å²) in [6.45, 7) is 3.73. The third-order valence-electron chi connectivity index (χ3n) is 2.84. The zero-order chi connectivity index (χ0) is 14.7. The van der Waals surface area contributed by atoms with Crippen LogP contribution in [0.15, 0.2) is 18.2 Å². The van der Waals surface area contributed by atoms with Crippen LogP contribution >= 0.6 is 11.6 Å². The highest BCUT2D eigenvalue weighted by molar-refractivity contribution is 6.33. The summed E-state index contributed by atoms with van der Waals surface area (Å²) in [4.78, 5) is 8.67. The van der Waals surface area contributed by atoms with Gasteiger partial charge in [0.25, 0.3) is 0 Å². The van der Waals surface area contributed by atoms with Crippen LogP contribution in [0.25, 0.3) is 0 Å². The van der Waals surface area contributed by atoms with Crippen LogP contribution in [-0.2, 0) is 0 Å². The normalized spacial score (nSPS) is 9.95. The van der Waals surface area contributed by atoms with Crippen molar-refractivity contribution >= 4 is 28.9 Å². The van der Waals surface area contributed by atoms with E-state index in [2.05, 4.69) is 26.7 Å². The zero-order valence-electron chi connectivity index (χ0n) is 11.5. The molecule has 2 rings (SSSR count). The average molecular weight is 288 g/mol. The van der Waals surface area contributed by atoms with E-state index in [1.165, 1.54) is 0 Å². The number of benzene rings is 1. The van der Waals surface area contributed by atoms with Crippen molar-refractivity contribution in [1.82, 2.24) is 9.97 Å². The molecule has 6 heteroatoms. The van der Waals surface area contributed by atoms with E-state index in [1.807, 2.05) is 20.9 Å². The maximum atomic E-state index is 8.94. The van der Waals surface area contributed by atoms with Crippen LogP contribution in [0, 0.1) is 25.2 Å². The second-order valence-corrected chi connectivity index (χ2v) is 4.68. The van der Waals surface area contributed by atoms with Crippen LogP contribution in [-0.4, -0.2) is 17.0 Å². The predicted molar refractivity (Wildman–Crippen MR) is 80.5 cm³/mol. The Kier molecular flexibility index (Phi) is 4.06. The van der Waals surface area contributed by atoms with E-state index in [0.29, 0.717) is 27.9 Å². The van der Waals surface area contributed by atoms with Crippen molar-refractivity contribution in [3.63, 3.8) is 0 Å². The molecule has 2 N–H and O–H groups in total.